The first kappa shape index (κ1) is 29.5. The molecule has 3 N–H and O–H groups in total. The van der Waals surface area contributed by atoms with Gasteiger partial charge >= 0.3 is 5.97 Å². The molecule has 4 rings (SSSR count). The Hall–Kier alpha value is -0.520. The van der Waals surface area contributed by atoms with E-state index in [1.807, 2.05) is 11.8 Å². The lowest BCUT2D eigenvalue weighted by Crippen LogP contribution is -2.66. The molecule has 0 amide bonds. The van der Waals surface area contributed by atoms with Crippen LogP contribution >= 0.6 is 11.8 Å². The van der Waals surface area contributed by atoms with Gasteiger partial charge in [-0.3, -0.25) is 4.79 Å². The number of carboxylic acids is 1. The molecule has 37 heavy (non-hydrogen) atoms. The second-order valence-corrected chi connectivity index (χ2v) is 17.4. The number of hydrogen-bond acceptors (Lipinski definition) is 4. The maximum absolute atomic E-state index is 12.8. The first-order valence-electron chi connectivity index (χ1n) is 14.9. The smallest absolute Gasteiger partial charge is 0.307 e. The zero-order valence-electron chi connectivity index (χ0n) is 24.9. The molecule has 0 aromatic heterocycles. The van der Waals surface area contributed by atoms with E-state index in [1.165, 1.54) is 5.57 Å². The standard InChI is InChI=1S/C32H54O4S/c1-18(2)10-11-20(28(35)36)26-22-16-24(34)27-30(7)14-13-23(33)19(3)21(30)12-15-31(27,8)32(22,9)17-25(26)37-29(4,5)6/h10,19-27,33-34H,11-17H2,1-9H3,(H,35,36)/t19-,20+,21?,22?,23+,24+,25-,26+,27?,30-,31-,32-/m0/s1. The van der Waals surface area contributed by atoms with Gasteiger partial charge in [0.05, 0.1) is 18.1 Å². The average Bonchev–Trinajstić information content (AvgIpc) is 3.02. The minimum absolute atomic E-state index is 0.0120. The van der Waals surface area contributed by atoms with Crippen molar-refractivity contribution in [3.63, 3.8) is 0 Å². The van der Waals surface area contributed by atoms with Crippen LogP contribution in [0.25, 0.3) is 0 Å². The molecule has 4 aliphatic carbocycles. The van der Waals surface area contributed by atoms with E-state index in [-0.39, 0.29) is 56.0 Å². The van der Waals surface area contributed by atoms with Crippen molar-refractivity contribution in [1.29, 1.82) is 0 Å². The molecule has 0 saturated heterocycles. The zero-order chi connectivity index (χ0) is 27.7. The van der Waals surface area contributed by atoms with Crippen LogP contribution in [-0.2, 0) is 4.79 Å². The molecule has 4 nitrogen and oxygen atoms in total. The fourth-order valence-electron chi connectivity index (χ4n) is 10.4. The van der Waals surface area contributed by atoms with Crippen molar-refractivity contribution in [2.45, 2.75) is 129 Å². The van der Waals surface area contributed by atoms with Gasteiger partial charge in [0.15, 0.2) is 0 Å². The van der Waals surface area contributed by atoms with Crippen molar-refractivity contribution in [3.8, 4) is 0 Å². The van der Waals surface area contributed by atoms with Crippen molar-refractivity contribution in [3.05, 3.63) is 11.6 Å². The highest BCUT2D eigenvalue weighted by Crippen LogP contribution is 2.75. The third-order valence-corrected chi connectivity index (χ3v) is 13.5. The van der Waals surface area contributed by atoms with E-state index in [4.69, 9.17) is 0 Å². The lowest BCUT2D eigenvalue weighted by Gasteiger charge is -2.69. The number of aliphatic hydroxyl groups is 2. The van der Waals surface area contributed by atoms with Gasteiger partial charge in [-0.25, -0.2) is 0 Å². The van der Waals surface area contributed by atoms with Crippen LogP contribution in [0.3, 0.4) is 0 Å². The molecule has 4 aliphatic rings. The minimum atomic E-state index is -0.682. The predicted molar refractivity (Wildman–Crippen MR) is 153 cm³/mol. The molecule has 12 atom stereocenters. The number of hydrogen-bond donors (Lipinski definition) is 3. The summed E-state index contributed by atoms with van der Waals surface area (Å²) in [5.41, 5.74) is 1.12. The summed E-state index contributed by atoms with van der Waals surface area (Å²) in [6.45, 7) is 20.4. The highest BCUT2D eigenvalue weighted by atomic mass is 32.2. The van der Waals surface area contributed by atoms with E-state index in [0.29, 0.717) is 18.8 Å². The normalized spacial score (nSPS) is 48.4. The van der Waals surface area contributed by atoms with Crippen molar-refractivity contribution >= 4 is 17.7 Å². The van der Waals surface area contributed by atoms with Crippen molar-refractivity contribution in [1.82, 2.24) is 0 Å². The Morgan fingerprint density at radius 3 is 2.24 bits per heavy atom. The molecular formula is C32H54O4S. The third-order valence-electron chi connectivity index (χ3n) is 12.0. The quantitative estimate of drug-likeness (QED) is 0.326. The Balaban J connectivity index is 1.79. The second kappa shape index (κ2) is 9.84. The first-order chi connectivity index (χ1) is 17.0. The SMILES string of the molecule is CC(C)=CC[C@@H](C(=O)O)[C@@H]1C2C[C@@H](O)C3[C@@]4(C)CC[C@@H](O)[C@@H](C)C4CC[C@]3(C)[C@@]2(C)C[C@@H]1SC(C)(C)C. The van der Waals surface area contributed by atoms with Crippen molar-refractivity contribution in [2.24, 2.45) is 51.8 Å². The van der Waals surface area contributed by atoms with Gasteiger partial charge in [-0.2, -0.15) is 11.8 Å². The molecule has 0 spiro atoms. The van der Waals surface area contributed by atoms with Crippen molar-refractivity contribution < 1.29 is 20.1 Å². The Labute approximate surface area is 230 Å². The Morgan fingerprint density at radius 2 is 1.68 bits per heavy atom. The Morgan fingerprint density at radius 1 is 1.03 bits per heavy atom. The molecule has 0 radical (unpaired) electrons. The topological polar surface area (TPSA) is 77.8 Å². The van der Waals surface area contributed by atoms with Gasteiger partial charge in [-0.1, -0.05) is 60.1 Å². The highest BCUT2D eigenvalue weighted by molar-refractivity contribution is 8.01. The molecule has 0 heterocycles. The maximum Gasteiger partial charge on any atom is 0.307 e. The van der Waals surface area contributed by atoms with Gasteiger partial charge in [0, 0.05) is 10.00 Å². The van der Waals surface area contributed by atoms with Crippen LogP contribution in [0.15, 0.2) is 11.6 Å². The summed E-state index contributed by atoms with van der Waals surface area (Å²) in [5, 5.41) is 33.5. The summed E-state index contributed by atoms with van der Waals surface area (Å²) in [7, 11) is 0. The number of carbonyl (C=O) groups is 1. The number of rotatable bonds is 5. The number of fused-ring (bicyclic) bond motifs is 5. The molecular weight excluding hydrogens is 480 g/mol. The number of thioether (sulfide) groups is 1. The number of allylic oxidation sites excluding steroid dienone is 2. The zero-order valence-corrected chi connectivity index (χ0v) is 25.7. The largest absolute Gasteiger partial charge is 0.481 e. The molecule has 212 valence electrons. The monoisotopic (exact) mass is 534 g/mol. The fraction of sp³-hybridized carbons (Fsp3) is 0.906. The second-order valence-electron chi connectivity index (χ2n) is 15.4. The van der Waals surface area contributed by atoms with Gasteiger partial charge in [-0.05, 0) is 105 Å². The fourth-order valence-corrected chi connectivity index (χ4v) is 12.2. The van der Waals surface area contributed by atoms with Crippen molar-refractivity contribution in [2.75, 3.05) is 0 Å². The van der Waals surface area contributed by atoms with E-state index in [1.54, 1.807) is 0 Å². The summed E-state index contributed by atoms with van der Waals surface area (Å²) in [6, 6.07) is 0. The Kier molecular flexibility index (Phi) is 7.83. The van der Waals surface area contributed by atoms with Crippen LogP contribution in [0, 0.1) is 51.8 Å². The van der Waals surface area contributed by atoms with Gasteiger partial charge < -0.3 is 15.3 Å². The lowest BCUT2D eigenvalue weighted by molar-refractivity contribution is -0.240. The third kappa shape index (κ3) is 4.75. The molecule has 0 aromatic carbocycles. The van der Waals surface area contributed by atoms with Crippen LogP contribution in [-0.4, -0.2) is 43.5 Å². The van der Waals surface area contributed by atoms with E-state index >= 15 is 0 Å². The Bertz CT molecular complexity index is 905. The van der Waals surface area contributed by atoms with E-state index in [0.717, 1.165) is 32.1 Å². The minimum Gasteiger partial charge on any atom is -0.481 e. The predicted octanol–water partition coefficient (Wildman–Crippen LogP) is 7.18. The number of aliphatic hydroxyl groups excluding tert-OH is 2. The van der Waals surface area contributed by atoms with Crippen LogP contribution in [0.1, 0.15) is 107 Å². The summed E-state index contributed by atoms with van der Waals surface area (Å²) < 4.78 is 0.0455. The van der Waals surface area contributed by atoms with Gasteiger partial charge in [0.2, 0.25) is 0 Å². The summed E-state index contributed by atoms with van der Waals surface area (Å²) in [6.07, 6.45) is 7.72. The summed E-state index contributed by atoms with van der Waals surface area (Å²) in [4.78, 5) is 12.8. The lowest BCUT2D eigenvalue weighted by atomic mass is 9.36. The molecule has 4 fully saturated rings. The molecule has 0 aliphatic heterocycles. The average molecular weight is 535 g/mol. The van der Waals surface area contributed by atoms with Gasteiger partial charge in [0.25, 0.3) is 0 Å². The van der Waals surface area contributed by atoms with Gasteiger partial charge in [0.1, 0.15) is 0 Å². The van der Waals surface area contributed by atoms with Crippen LogP contribution in [0.2, 0.25) is 0 Å². The molecule has 0 aromatic rings. The summed E-state index contributed by atoms with van der Waals surface area (Å²) >= 11 is 1.98. The van der Waals surface area contributed by atoms with E-state index in [9.17, 15) is 20.1 Å². The van der Waals surface area contributed by atoms with E-state index in [2.05, 4.69) is 68.4 Å². The molecule has 4 saturated carbocycles. The van der Waals surface area contributed by atoms with Crippen LogP contribution in [0.4, 0.5) is 0 Å². The first-order valence-corrected chi connectivity index (χ1v) is 15.7. The molecule has 3 unspecified atom stereocenters. The van der Waals surface area contributed by atoms with Gasteiger partial charge in [-0.15, -0.1) is 0 Å². The highest BCUT2D eigenvalue weighted by Gasteiger charge is 2.71. The number of aliphatic carboxylic acids is 1. The molecule has 5 heteroatoms. The number of carboxylic acid groups (broad SMARTS) is 1. The van der Waals surface area contributed by atoms with Crippen LogP contribution in [0.5, 0.6) is 0 Å². The maximum atomic E-state index is 12.8. The van der Waals surface area contributed by atoms with Crippen LogP contribution < -0.4 is 0 Å². The van der Waals surface area contributed by atoms with E-state index < -0.39 is 18.0 Å². The summed E-state index contributed by atoms with van der Waals surface area (Å²) in [5.74, 6) is 0.0291. The molecule has 0 bridgehead atoms.